The number of aliphatic hydroxyl groups excluding tert-OH is 2. The van der Waals surface area contributed by atoms with E-state index in [-0.39, 0.29) is 18.6 Å². The van der Waals surface area contributed by atoms with E-state index in [2.05, 4.69) is 25.9 Å². The van der Waals surface area contributed by atoms with Gasteiger partial charge in [-0.25, -0.2) is 9.78 Å². The maximum atomic E-state index is 13.2. The van der Waals surface area contributed by atoms with Gasteiger partial charge in [0.15, 0.2) is 6.04 Å². The van der Waals surface area contributed by atoms with Gasteiger partial charge in [0.2, 0.25) is 17.7 Å². The summed E-state index contributed by atoms with van der Waals surface area (Å²) < 4.78 is 0. The van der Waals surface area contributed by atoms with E-state index in [1.807, 2.05) is 0 Å². The number of aromatic amines is 1. The highest BCUT2D eigenvalue weighted by Crippen LogP contribution is 2.12. The molecule has 14 heteroatoms. The number of nitrogens with zero attached hydrogens (tertiary/aromatic N) is 1. The minimum Gasteiger partial charge on any atom is -0.508 e. The van der Waals surface area contributed by atoms with Gasteiger partial charge < -0.3 is 47.1 Å². The summed E-state index contributed by atoms with van der Waals surface area (Å²) in [5.74, 6) is -3.99. The summed E-state index contributed by atoms with van der Waals surface area (Å²) in [6.07, 6.45) is 1.17. The Kier molecular flexibility index (Phi) is 10.3. The van der Waals surface area contributed by atoms with Crippen molar-refractivity contribution in [2.75, 3.05) is 6.61 Å². The molecule has 3 amide bonds. The zero-order valence-corrected chi connectivity index (χ0v) is 19.4. The number of aliphatic hydroxyl groups is 2. The van der Waals surface area contributed by atoms with Gasteiger partial charge in [-0.15, -0.1) is 0 Å². The van der Waals surface area contributed by atoms with Crippen molar-refractivity contribution < 1.29 is 39.6 Å². The molecular weight excluding hydrogens is 476 g/mol. The fraction of sp³-hybridized carbons (Fsp3) is 0.409. The number of nitrogens with one attached hydrogen (secondary N) is 4. The number of amides is 3. The SMILES string of the molecule is CC(O)C(NC(=O)C(Cc1cnc[nH]1)NC(=O)C(Cc1ccc(O)cc1)NC(=O)C(N)CO)C(=O)O. The lowest BCUT2D eigenvalue weighted by atomic mass is 10.0. The standard InChI is InChI=1S/C22H30N6O8/c1-11(30)18(22(35)36)28-21(34)17(7-13-8-24-10-25-13)27-20(33)16(26-19(32)15(23)9-29)6-12-2-4-14(31)5-3-12/h2-5,8,10-11,15-18,29-31H,6-7,9,23H2,1H3,(H,24,25)(H,26,32)(H,27,33)(H,28,34)(H,35,36). The van der Waals surface area contributed by atoms with Gasteiger partial charge in [-0.1, -0.05) is 12.1 Å². The summed E-state index contributed by atoms with van der Waals surface area (Å²) in [7, 11) is 0. The highest BCUT2D eigenvalue weighted by molar-refractivity contribution is 5.94. The van der Waals surface area contributed by atoms with Crippen LogP contribution in [0.4, 0.5) is 0 Å². The molecule has 14 nitrogen and oxygen atoms in total. The number of phenolic OH excluding ortho intramolecular Hbond substituents is 1. The maximum Gasteiger partial charge on any atom is 0.328 e. The van der Waals surface area contributed by atoms with Crippen molar-refractivity contribution in [3.63, 3.8) is 0 Å². The normalized spacial score (nSPS) is 15.1. The van der Waals surface area contributed by atoms with Gasteiger partial charge in [-0.2, -0.15) is 0 Å². The molecule has 1 aromatic heterocycles. The molecule has 5 unspecified atom stereocenters. The topological polar surface area (TPSA) is 240 Å². The van der Waals surface area contributed by atoms with Crippen molar-refractivity contribution in [3.05, 3.63) is 48.0 Å². The van der Waals surface area contributed by atoms with E-state index in [4.69, 9.17) is 10.8 Å². The number of carboxylic acid groups (broad SMARTS) is 1. The molecule has 2 rings (SSSR count). The summed E-state index contributed by atoms with van der Waals surface area (Å²) in [5, 5.41) is 44.8. The van der Waals surface area contributed by atoms with Crippen molar-refractivity contribution in [2.45, 2.75) is 50.0 Å². The number of carboxylic acids is 1. The smallest absolute Gasteiger partial charge is 0.328 e. The van der Waals surface area contributed by atoms with Crippen molar-refractivity contribution in [2.24, 2.45) is 5.73 Å². The van der Waals surface area contributed by atoms with Crippen LogP contribution in [0.15, 0.2) is 36.8 Å². The van der Waals surface area contributed by atoms with Crippen LogP contribution < -0.4 is 21.7 Å². The summed E-state index contributed by atoms with van der Waals surface area (Å²) >= 11 is 0. The van der Waals surface area contributed by atoms with E-state index >= 15 is 0 Å². The van der Waals surface area contributed by atoms with E-state index < -0.39 is 60.6 Å². The number of aliphatic carboxylic acids is 1. The first-order chi connectivity index (χ1) is 17.0. The molecule has 36 heavy (non-hydrogen) atoms. The number of aromatic hydroxyl groups is 1. The first-order valence-electron chi connectivity index (χ1n) is 10.9. The number of carbonyl (C=O) groups is 4. The Morgan fingerprint density at radius 2 is 1.58 bits per heavy atom. The Morgan fingerprint density at radius 3 is 2.11 bits per heavy atom. The Morgan fingerprint density at radius 1 is 1.00 bits per heavy atom. The molecule has 10 N–H and O–H groups in total. The number of aromatic nitrogens is 2. The van der Waals surface area contributed by atoms with Crippen LogP contribution in [0, 0.1) is 0 Å². The Labute approximate surface area is 205 Å². The predicted octanol–water partition coefficient (Wildman–Crippen LogP) is -2.86. The van der Waals surface area contributed by atoms with Crippen LogP contribution in [-0.2, 0) is 32.0 Å². The van der Waals surface area contributed by atoms with E-state index in [1.165, 1.54) is 43.7 Å². The number of hydrogen-bond acceptors (Lipinski definition) is 9. The van der Waals surface area contributed by atoms with E-state index in [0.29, 0.717) is 11.3 Å². The van der Waals surface area contributed by atoms with Gasteiger partial charge in [0.05, 0.1) is 19.0 Å². The number of carbonyl (C=O) groups excluding carboxylic acids is 3. The first kappa shape index (κ1) is 28.2. The third-order valence-electron chi connectivity index (χ3n) is 5.20. The van der Waals surface area contributed by atoms with Gasteiger partial charge >= 0.3 is 5.97 Å². The number of phenols is 1. The van der Waals surface area contributed by atoms with Crippen molar-refractivity contribution in [1.29, 1.82) is 0 Å². The van der Waals surface area contributed by atoms with Crippen molar-refractivity contribution >= 4 is 23.7 Å². The fourth-order valence-electron chi connectivity index (χ4n) is 3.18. The number of benzene rings is 1. The van der Waals surface area contributed by atoms with Crippen LogP contribution in [0.3, 0.4) is 0 Å². The summed E-state index contributed by atoms with van der Waals surface area (Å²) in [5.41, 5.74) is 6.55. The van der Waals surface area contributed by atoms with Crippen LogP contribution >= 0.6 is 0 Å². The minimum atomic E-state index is -1.63. The monoisotopic (exact) mass is 506 g/mol. The molecule has 0 aliphatic rings. The van der Waals surface area contributed by atoms with Gasteiger partial charge in [0.25, 0.3) is 0 Å². The first-order valence-corrected chi connectivity index (χ1v) is 10.9. The largest absolute Gasteiger partial charge is 0.508 e. The summed E-state index contributed by atoms with van der Waals surface area (Å²) in [6, 6.07) is 0.351. The molecule has 0 radical (unpaired) electrons. The summed E-state index contributed by atoms with van der Waals surface area (Å²) in [6.45, 7) is 0.523. The molecular formula is C22H30N6O8. The average Bonchev–Trinajstić information content (AvgIpc) is 3.34. The molecule has 196 valence electrons. The Hall–Kier alpha value is -4.01. The van der Waals surface area contributed by atoms with Gasteiger partial charge in [0, 0.05) is 24.7 Å². The second kappa shape index (κ2) is 13.2. The number of H-pyrrole nitrogens is 1. The average molecular weight is 507 g/mol. The molecule has 0 fully saturated rings. The third-order valence-corrected chi connectivity index (χ3v) is 5.20. The molecule has 2 aromatic rings. The van der Waals surface area contributed by atoms with Crippen molar-refractivity contribution in [1.82, 2.24) is 25.9 Å². The zero-order valence-electron chi connectivity index (χ0n) is 19.4. The predicted molar refractivity (Wildman–Crippen MR) is 124 cm³/mol. The van der Waals surface area contributed by atoms with E-state index in [9.17, 15) is 34.5 Å². The molecule has 0 spiro atoms. The lowest BCUT2D eigenvalue weighted by Gasteiger charge is -2.25. The Balaban J connectivity index is 2.28. The number of hydrogen-bond donors (Lipinski definition) is 9. The molecule has 0 aliphatic heterocycles. The number of rotatable bonds is 13. The molecule has 5 atom stereocenters. The minimum absolute atomic E-state index is 0.00604. The highest BCUT2D eigenvalue weighted by atomic mass is 16.4. The lowest BCUT2D eigenvalue weighted by molar-refractivity contribution is -0.145. The summed E-state index contributed by atoms with van der Waals surface area (Å²) in [4.78, 5) is 56.5. The maximum absolute atomic E-state index is 13.2. The van der Waals surface area contributed by atoms with E-state index in [1.54, 1.807) is 0 Å². The number of nitrogens with two attached hydrogens (primary N) is 1. The van der Waals surface area contributed by atoms with Gasteiger partial charge in [0.1, 0.15) is 23.9 Å². The molecule has 1 aromatic carbocycles. The van der Waals surface area contributed by atoms with Gasteiger partial charge in [-0.3, -0.25) is 14.4 Å². The van der Waals surface area contributed by atoms with Crippen molar-refractivity contribution in [3.8, 4) is 5.75 Å². The second-order valence-electron chi connectivity index (χ2n) is 8.13. The van der Waals surface area contributed by atoms with Crippen LogP contribution in [-0.4, -0.2) is 91.0 Å². The van der Waals surface area contributed by atoms with Crippen LogP contribution in [0.1, 0.15) is 18.2 Å². The van der Waals surface area contributed by atoms with Crippen LogP contribution in [0.25, 0.3) is 0 Å². The molecule has 0 bridgehead atoms. The Bertz CT molecular complexity index is 1030. The lowest BCUT2D eigenvalue weighted by Crippen LogP contribution is -2.59. The highest BCUT2D eigenvalue weighted by Gasteiger charge is 2.32. The van der Waals surface area contributed by atoms with Crippen LogP contribution in [0.5, 0.6) is 5.75 Å². The van der Waals surface area contributed by atoms with Gasteiger partial charge in [-0.05, 0) is 24.6 Å². The zero-order chi connectivity index (χ0) is 26.8. The molecule has 0 saturated carbocycles. The van der Waals surface area contributed by atoms with E-state index in [0.717, 1.165) is 0 Å². The fourth-order valence-corrected chi connectivity index (χ4v) is 3.18. The molecule has 0 saturated heterocycles. The molecule has 1 heterocycles. The van der Waals surface area contributed by atoms with Crippen LogP contribution in [0.2, 0.25) is 0 Å². The number of imidazole rings is 1. The molecule has 0 aliphatic carbocycles. The third kappa shape index (κ3) is 8.33. The second-order valence-corrected chi connectivity index (χ2v) is 8.13. The quantitative estimate of drug-likeness (QED) is 0.135.